The lowest BCUT2D eigenvalue weighted by atomic mass is 9.91. The molecule has 26 heavy (non-hydrogen) atoms. The van der Waals surface area contributed by atoms with Gasteiger partial charge in [0.25, 0.3) is 0 Å². The van der Waals surface area contributed by atoms with Crippen LogP contribution in [0.2, 0.25) is 0 Å². The Hall–Kier alpha value is -3.14. The lowest BCUT2D eigenvalue weighted by Crippen LogP contribution is -2.25. The second-order valence-corrected chi connectivity index (χ2v) is 6.42. The van der Waals surface area contributed by atoms with Crippen LogP contribution < -0.4 is 0 Å². The predicted octanol–water partition coefficient (Wildman–Crippen LogP) is 2.82. The van der Waals surface area contributed by atoms with Crippen molar-refractivity contribution in [2.24, 2.45) is 12.2 Å². The smallest absolute Gasteiger partial charge is 0.339 e. The Morgan fingerprint density at radius 3 is 2.85 bits per heavy atom. The first-order valence-electron chi connectivity index (χ1n) is 8.35. The Bertz CT molecular complexity index is 939. The molecule has 0 N–H and O–H groups in total. The number of hydrogen-bond acceptors (Lipinski definition) is 6. The molecule has 0 bridgehead atoms. The van der Waals surface area contributed by atoms with Crippen LogP contribution in [0.5, 0.6) is 0 Å². The Morgan fingerprint density at radius 2 is 2.23 bits per heavy atom. The van der Waals surface area contributed by atoms with E-state index in [2.05, 4.69) is 16.3 Å². The van der Waals surface area contributed by atoms with Gasteiger partial charge in [-0.1, -0.05) is 11.2 Å². The quantitative estimate of drug-likeness (QED) is 0.789. The lowest BCUT2D eigenvalue weighted by Gasteiger charge is -2.21. The second-order valence-electron chi connectivity index (χ2n) is 6.42. The average molecular weight is 352 g/mol. The van der Waals surface area contributed by atoms with E-state index in [1.165, 1.54) is 0 Å². The predicted molar refractivity (Wildman–Crippen MR) is 94.6 cm³/mol. The molecule has 7 heteroatoms. The van der Waals surface area contributed by atoms with Crippen molar-refractivity contribution in [3.63, 3.8) is 0 Å². The van der Waals surface area contributed by atoms with Crippen LogP contribution in [0.3, 0.4) is 0 Å². The molecule has 0 spiro atoms. The van der Waals surface area contributed by atoms with Crippen molar-refractivity contribution >= 4 is 11.7 Å². The normalized spacial score (nSPS) is 18.8. The van der Waals surface area contributed by atoms with Crippen LogP contribution in [0.1, 0.15) is 53.1 Å². The number of nitriles is 1. The molecule has 2 heterocycles. The number of rotatable bonds is 4. The molecule has 1 atom stereocenters. The van der Waals surface area contributed by atoms with Crippen LogP contribution >= 0.6 is 0 Å². The van der Waals surface area contributed by atoms with Gasteiger partial charge in [0.05, 0.1) is 34.8 Å². The van der Waals surface area contributed by atoms with E-state index in [4.69, 9.17) is 9.57 Å². The van der Waals surface area contributed by atoms with Crippen LogP contribution in [0.25, 0.3) is 0 Å². The van der Waals surface area contributed by atoms with Gasteiger partial charge in [0.1, 0.15) is 6.07 Å². The number of oxime groups is 1. The summed E-state index contributed by atoms with van der Waals surface area (Å²) in [6.45, 7) is 5.87. The topological polar surface area (TPSA) is 89.5 Å². The molecule has 1 aromatic heterocycles. The molecule has 1 aliphatic rings. The summed E-state index contributed by atoms with van der Waals surface area (Å²) in [6, 6.07) is 9.03. The molecule has 1 aliphatic heterocycles. The fourth-order valence-electron chi connectivity index (χ4n) is 3.14. The highest BCUT2D eigenvalue weighted by Crippen LogP contribution is 2.36. The Kier molecular flexibility index (Phi) is 4.51. The molecule has 134 valence electrons. The van der Waals surface area contributed by atoms with Crippen LogP contribution in [-0.4, -0.2) is 28.1 Å². The second kappa shape index (κ2) is 6.64. The minimum Gasteiger partial charge on any atom is -0.462 e. The SMILES string of the molecule is CCOC(=O)c1ccc(C2=NOC(C)(c3cc(C)nn3C)C2)cc1C#N. The largest absolute Gasteiger partial charge is 0.462 e. The number of esters is 1. The number of benzene rings is 1. The number of carbonyl (C=O) groups excluding carboxylic acids is 1. The first kappa shape index (κ1) is 17.7. The molecule has 0 saturated carbocycles. The van der Waals surface area contributed by atoms with E-state index in [-0.39, 0.29) is 17.7 Å². The molecule has 0 radical (unpaired) electrons. The molecule has 0 fully saturated rings. The molecular weight excluding hydrogens is 332 g/mol. The maximum absolute atomic E-state index is 11.9. The fourth-order valence-corrected chi connectivity index (χ4v) is 3.14. The van der Waals surface area contributed by atoms with Crippen LogP contribution in [0.15, 0.2) is 29.4 Å². The monoisotopic (exact) mass is 352 g/mol. The van der Waals surface area contributed by atoms with Crippen molar-refractivity contribution in [1.29, 1.82) is 5.26 Å². The Balaban J connectivity index is 1.88. The van der Waals surface area contributed by atoms with Crippen molar-refractivity contribution in [3.05, 3.63) is 52.3 Å². The van der Waals surface area contributed by atoms with E-state index in [1.54, 1.807) is 29.8 Å². The molecule has 0 amide bonds. The molecule has 1 aromatic carbocycles. The van der Waals surface area contributed by atoms with Gasteiger partial charge >= 0.3 is 5.97 Å². The third-order valence-corrected chi connectivity index (χ3v) is 4.37. The minimum absolute atomic E-state index is 0.252. The van der Waals surface area contributed by atoms with Gasteiger partial charge in [-0.2, -0.15) is 10.4 Å². The summed E-state index contributed by atoms with van der Waals surface area (Å²) in [5, 5.41) is 18.0. The number of hydrogen-bond donors (Lipinski definition) is 0. The number of nitrogens with zero attached hydrogens (tertiary/aromatic N) is 4. The first-order valence-corrected chi connectivity index (χ1v) is 8.35. The standard InChI is InChI=1S/C19H20N4O3/c1-5-25-18(24)15-7-6-13(9-14(15)11-20)16-10-19(3,26-22-16)17-8-12(2)21-23(17)4/h6-9H,5,10H2,1-4H3. The van der Waals surface area contributed by atoms with Crippen molar-refractivity contribution in [1.82, 2.24) is 9.78 Å². The molecule has 3 rings (SSSR count). The van der Waals surface area contributed by atoms with Crippen molar-refractivity contribution < 1.29 is 14.4 Å². The van der Waals surface area contributed by atoms with E-state index < -0.39 is 11.6 Å². The molecule has 0 aliphatic carbocycles. The average Bonchev–Trinajstić information content (AvgIpc) is 3.18. The van der Waals surface area contributed by atoms with Gasteiger partial charge in [0.15, 0.2) is 5.60 Å². The summed E-state index contributed by atoms with van der Waals surface area (Å²) in [5.74, 6) is -0.504. The highest BCUT2D eigenvalue weighted by molar-refractivity contribution is 6.03. The molecular formula is C19H20N4O3. The van der Waals surface area contributed by atoms with E-state index in [1.807, 2.05) is 27.0 Å². The van der Waals surface area contributed by atoms with Gasteiger partial charge in [-0.3, -0.25) is 4.68 Å². The first-order chi connectivity index (χ1) is 12.4. The molecule has 2 aromatic rings. The summed E-state index contributed by atoms with van der Waals surface area (Å²) >= 11 is 0. The van der Waals surface area contributed by atoms with Gasteiger partial charge in [-0.05, 0) is 39.0 Å². The van der Waals surface area contributed by atoms with Gasteiger partial charge in [0, 0.05) is 19.0 Å². The third-order valence-electron chi connectivity index (χ3n) is 4.37. The molecule has 1 unspecified atom stereocenters. The third kappa shape index (κ3) is 3.06. The minimum atomic E-state index is -0.627. The van der Waals surface area contributed by atoms with Gasteiger partial charge in [0.2, 0.25) is 0 Å². The molecule has 7 nitrogen and oxygen atoms in total. The summed E-state index contributed by atoms with van der Waals surface area (Å²) in [5.41, 5.74) is 3.19. The highest BCUT2D eigenvalue weighted by atomic mass is 16.7. The zero-order valence-electron chi connectivity index (χ0n) is 15.2. The fraction of sp³-hybridized carbons (Fsp3) is 0.368. The molecule has 0 saturated heterocycles. The van der Waals surface area contributed by atoms with Crippen LogP contribution in [-0.2, 0) is 22.2 Å². The lowest BCUT2D eigenvalue weighted by molar-refractivity contribution is -0.0136. The number of carbonyl (C=O) groups is 1. The highest BCUT2D eigenvalue weighted by Gasteiger charge is 2.39. The van der Waals surface area contributed by atoms with Gasteiger partial charge in [-0.15, -0.1) is 0 Å². The van der Waals surface area contributed by atoms with E-state index in [0.717, 1.165) is 22.7 Å². The maximum Gasteiger partial charge on any atom is 0.339 e. The summed E-state index contributed by atoms with van der Waals surface area (Å²) in [7, 11) is 1.87. The van der Waals surface area contributed by atoms with Crippen molar-refractivity contribution in [2.75, 3.05) is 6.61 Å². The van der Waals surface area contributed by atoms with Gasteiger partial charge < -0.3 is 9.57 Å². The zero-order chi connectivity index (χ0) is 18.9. The van der Waals surface area contributed by atoms with Crippen LogP contribution in [0, 0.1) is 18.3 Å². The summed E-state index contributed by atoms with van der Waals surface area (Å²) < 4.78 is 6.78. The van der Waals surface area contributed by atoms with E-state index >= 15 is 0 Å². The Labute approximate surface area is 151 Å². The summed E-state index contributed by atoms with van der Waals surface area (Å²) in [6.07, 6.45) is 0.537. The van der Waals surface area contributed by atoms with Crippen molar-refractivity contribution in [3.8, 4) is 6.07 Å². The Morgan fingerprint density at radius 1 is 1.46 bits per heavy atom. The van der Waals surface area contributed by atoms with Gasteiger partial charge in [-0.25, -0.2) is 4.79 Å². The van der Waals surface area contributed by atoms with Crippen molar-refractivity contribution in [2.45, 2.75) is 32.8 Å². The summed E-state index contributed by atoms with van der Waals surface area (Å²) in [4.78, 5) is 17.7. The maximum atomic E-state index is 11.9. The zero-order valence-corrected chi connectivity index (χ0v) is 15.2. The van der Waals surface area contributed by atoms with E-state index in [0.29, 0.717) is 6.42 Å². The van der Waals surface area contributed by atoms with Crippen LogP contribution in [0.4, 0.5) is 0 Å². The number of aryl methyl sites for hydroxylation is 2. The number of ether oxygens (including phenoxy) is 1. The number of aromatic nitrogens is 2. The van der Waals surface area contributed by atoms with E-state index in [9.17, 15) is 10.1 Å².